The van der Waals surface area contributed by atoms with Crippen molar-refractivity contribution in [2.75, 3.05) is 19.7 Å². The summed E-state index contributed by atoms with van der Waals surface area (Å²) in [6.07, 6.45) is 1.60. The van der Waals surface area contributed by atoms with E-state index in [1.165, 1.54) is 0 Å². The summed E-state index contributed by atoms with van der Waals surface area (Å²) < 4.78 is 10.8. The van der Waals surface area contributed by atoms with Crippen molar-refractivity contribution < 1.29 is 13.9 Å². The van der Waals surface area contributed by atoms with E-state index in [0.29, 0.717) is 24.7 Å². The standard InChI is InChI=1S/C13H18N2O3/c1-3-15(6-7-16)9-11-10(2)18-13(14-11)12-5-4-8-17-12/h4-5,8,16H,3,6-7,9H2,1-2H3. The van der Waals surface area contributed by atoms with Crippen LogP contribution in [0, 0.1) is 6.92 Å². The summed E-state index contributed by atoms with van der Waals surface area (Å²) in [7, 11) is 0. The molecular formula is C13H18N2O3. The van der Waals surface area contributed by atoms with Crippen molar-refractivity contribution in [3.63, 3.8) is 0 Å². The maximum absolute atomic E-state index is 8.97. The van der Waals surface area contributed by atoms with Gasteiger partial charge in [0.1, 0.15) is 5.76 Å². The Balaban J connectivity index is 2.14. The first-order chi connectivity index (χ1) is 8.74. The van der Waals surface area contributed by atoms with E-state index in [1.807, 2.05) is 13.0 Å². The van der Waals surface area contributed by atoms with Crippen molar-refractivity contribution in [2.45, 2.75) is 20.4 Å². The molecule has 0 fully saturated rings. The minimum absolute atomic E-state index is 0.149. The van der Waals surface area contributed by atoms with E-state index in [4.69, 9.17) is 13.9 Å². The molecule has 0 unspecified atom stereocenters. The van der Waals surface area contributed by atoms with Crippen LogP contribution in [0.3, 0.4) is 0 Å². The van der Waals surface area contributed by atoms with Crippen molar-refractivity contribution >= 4 is 0 Å². The number of aliphatic hydroxyl groups is 1. The molecule has 0 aliphatic carbocycles. The lowest BCUT2D eigenvalue weighted by Gasteiger charge is -2.17. The number of hydrogen-bond acceptors (Lipinski definition) is 5. The normalized spacial score (nSPS) is 11.3. The lowest BCUT2D eigenvalue weighted by Crippen LogP contribution is -2.26. The van der Waals surface area contributed by atoms with Gasteiger partial charge in [-0.25, -0.2) is 4.98 Å². The Hall–Kier alpha value is -1.59. The molecule has 2 aromatic heterocycles. The van der Waals surface area contributed by atoms with Crippen LogP contribution in [0.15, 0.2) is 27.2 Å². The van der Waals surface area contributed by atoms with E-state index in [9.17, 15) is 0 Å². The number of aromatic nitrogens is 1. The lowest BCUT2D eigenvalue weighted by atomic mass is 10.3. The minimum Gasteiger partial charge on any atom is -0.459 e. The summed E-state index contributed by atoms with van der Waals surface area (Å²) in [5, 5.41) is 8.97. The molecule has 0 aliphatic rings. The van der Waals surface area contributed by atoms with E-state index < -0.39 is 0 Å². The van der Waals surface area contributed by atoms with Crippen LogP contribution in [-0.2, 0) is 6.54 Å². The Morgan fingerprint density at radius 1 is 1.44 bits per heavy atom. The zero-order valence-corrected chi connectivity index (χ0v) is 10.7. The zero-order chi connectivity index (χ0) is 13.0. The van der Waals surface area contributed by atoms with Crippen molar-refractivity contribution in [1.29, 1.82) is 0 Å². The number of nitrogens with zero attached hydrogens (tertiary/aromatic N) is 2. The fourth-order valence-electron chi connectivity index (χ4n) is 1.78. The van der Waals surface area contributed by atoms with Crippen molar-refractivity contribution in [3.8, 4) is 11.7 Å². The molecule has 0 aliphatic heterocycles. The van der Waals surface area contributed by atoms with Crippen LogP contribution in [0.5, 0.6) is 0 Å². The largest absolute Gasteiger partial charge is 0.459 e. The highest BCUT2D eigenvalue weighted by Gasteiger charge is 2.15. The first kappa shape index (κ1) is 12.9. The molecule has 18 heavy (non-hydrogen) atoms. The maximum atomic E-state index is 8.97. The molecule has 2 rings (SSSR count). The molecule has 2 aromatic rings. The van der Waals surface area contributed by atoms with Gasteiger partial charge in [0.2, 0.25) is 0 Å². The van der Waals surface area contributed by atoms with Crippen LogP contribution in [0.4, 0.5) is 0 Å². The van der Waals surface area contributed by atoms with Gasteiger partial charge in [0, 0.05) is 13.1 Å². The molecule has 0 atom stereocenters. The van der Waals surface area contributed by atoms with Gasteiger partial charge in [-0.05, 0) is 25.6 Å². The Morgan fingerprint density at radius 2 is 2.28 bits per heavy atom. The molecule has 1 N–H and O–H groups in total. The highest BCUT2D eigenvalue weighted by molar-refractivity contribution is 5.44. The molecule has 0 amide bonds. The van der Waals surface area contributed by atoms with Crippen molar-refractivity contribution in [2.24, 2.45) is 0 Å². The fourth-order valence-corrected chi connectivity index (χ4v) is 1.78. The SMILES string of the molecule is CCN(CCO)Cc1nc(-c2ccco2)oc1C. The van der Waals surface area contributed by atoms with E-state index in [0.717, 1.165) is 18.0 Å². The third-order valence-corrected chi connectivity index (χ3v) is 2.86. The Bertz CT molecular complexity index is 476. The van der Waals surface area contributed by atoms with Gasteiger partial charge in [-0.2, -0.15) is 0 Å². The van der Waals surface area contributed by atoms with Crippen LogP contribution in [0.2, 0.25) is 0 Å². The molecule has 0 spiro atoms. The Morgan fingerprint density at radius 3 is 2.89 bits per heavy atom. The number of aryl methyl sites for hydroxylation is 1. The lowest BCUT2D eigenvalue weighted by molar-refractivity contribution is 0.195. The second-order valence-electron chi connectivity index (χ2n) is 4.09. The second-order valence-corrected chi connectivity index (χ2v) is 4.09. The van der Waals surface area contributed by atoms with Crippen LogP contribution in [0.1, 0.15) is 18.4 Å². The molecule has 2 heterocycles. The number of furan rings is 1. The van der Waals surface area contributed by atoms with E-state index >= 15 is 0 Å². The average Bonchev–Trinajstić information content (AvgIpc) is 2.99. The number of oxazole rings is 1. The third kappa shape index (κ3) is 2.80. The van der Waals surface area contributed by atoms with Crippen molar-refractivity contribution in [1.82, 2.24) is 9.88 Å². The summed E-state index contributed by atoms with van der Waals surface area (Å²) in [6.45, 7) is 6.27. The van der Waals surface area contributed by atoms with E-state index in [-0.39, 0.29) is 6.61 Å². The van der Waals surface area contributed by atoms with Crippen LogP contribution < -0.4 is 0 Å². The monoisotopic (exact) mass is 250 g/mol. The quantitative estimate of drug-likeness (QED) is 0.850. The molecule has 5 heteroatoms. The summed E-state index contributed by atoms with van der Waals surface area (Å²) >= 11 is 0. The van der Waals surface area contributed by atoms with Gasteiger partial charge in [0.05, 0.1) is 18.6 Å². The maximum Gasteiger partial charge on any atom is 0.263 e. The first-order valence-electron chi connectivity index (χ1n) is 6.08. The Kier molecular flexibility index (Phi) is 4.17. The average molecular weight is 250 g/mol. The van der Waals surface area contributed by atoms with Crippen molar-refractivity contribution in [3.05, 3.63) is 29.9 Å². The fraction of sp³-hybridized carbons (Fsp3) is 0.462. The van der Waals surface area contributed by atoms with Crippen LogP contribution in [-0.4, -0.2) is 34.7 Å². The van der Waals surface area contributed by atoms with Crippen LogP contribution in [0.25, 0.3) is 11.7 Å². The van der Waals surface area contributed by atoms with Crippen LogP contribution >= 0.6 is 0 Å². The number of rotatable bonds is 6. The van der Waals surface area contributed by atoms with Gasteiger partial charge < -0.3 is 13.9 Å². The highest BCUT2D eigenvalue weighted by atomic mass is 16.4. The van der Waals surface area contributed by atoms with Gasteiger partial charge in [-0.3, -0.25) is 4.90 Å². The molecule has 0 radical (unpaired) electrons. The van der Waals surface area contributed by atoms with Gasteiger partial charge in [-0.1, -0.05) is 6.92 Å². The van der Waals surface area contributed by atoms with E-state index in [1.54, 1.807) is 12.3 Å². The molecular weight excluding hydrogens is 232 g/mol. The molecule has 0 saturated carbocycles. The van der Waals surface area contributed by atoms with Gasteiger partial charge >= 0.3 is 0 Å². The second kappa shape index (κ2) is 5.84. The number of aliphatic hydroxyl groups excluding tert-OH is 1. The molecule has 0 saturated heterocycles. The topological polar surface area (TPSA) is 62.6 Å². The first-order valence-corrected chi connectivity index (χ1v) is 6.08. The predicted molar refractivity (Wildman–Crippen MR) is 67.0 cm³/mol. The van der Waals surface area contributed by atoms with Gasteiger partial charge in [-0.15, -0.1) is 0 Å². The molecule has 98 valence electrons. The summed E-state index contributed by atoms with van der Waals surface area (Å²) in [4.78, 5) is 6.55. The molecule has 5 nitrogen and oxygen atoms in total. The summed E-state index contributed by atoms with van der Waals surface area (Å²) in [5.74, 6) is 1.93. The highest BCUT2D eigenvalue weighted by Crippen LogP contribution is 2.22. The smallest absolute Gasteiger partial charge is 0.263 e. The number of likely N-dealkylation sites (N-methyl/N-ethyl adjacent to an activating group) is 1. The predicted octanol–water partition coefficient (Wildman–Crippen LogP) is 2.06. The Labute approximate surface area is 106 Å². The molecule has 0 aromatic carbocycles. The van der Waals surface area contributed by atoms with Gasteiger partial charge in [0.25, 0.3) is 5.89 Å². The van der Waals surface area contributed by atoms with Gasteiger partial charge in [0.15, 0.2) is 5.76 Å². The molecule has 0 bridgehead atoms. The summed E-state index contributed by atoms with van der Waals surface area (Å²) in [5.41, 5.74) is 0.886. The zero-order valence-electron chi connectivity index (χ0n) is 10.7. The third-order valence-electron chi connectivity index (χ3n) is 2.86. The number of hydrogen-bond donors (Lipinski definition) is 1. The van der Waals surface area contributed by atoms with E-state index in [2.05, 4.69) is 16.8 Å². The minimum atomic E-state index is 0.149. The summed E-state index contributed by atoms with van der Waals surface area (Å²) in [6, 6.07) is 3.62.